The standard InChI is InChI=1S/C30H25FN2O5S/c1-4-14-38-22-13-9-19(16-23(22)37-5-2)26-25(27(34)18-7-10-20(31)11-8-18)28(35)29(36)33(26)30-32-21-12-6-17(3)15-24(21)39-30/h4,6-13,15-16,26,34H,1,5,14H2,2-3H3/b27-25+. The van der Waals surface area contributed by atoms with Crippen LogP contribution in [0.4, 0.5) is 9.52 Å². The Hall–Kier alpha value is -4.50. The second-order valence-electron chi connectivity index (χ2n) is 8.88. The van der Waals surface area contributed by atoms with Crippen molar-refractivity contribution >= 4 is 44.1 Å². The number of benzene rings is 3. The van der Waals surface area contributed by atoms with Gasteiger partial charge < -0.3 is 14.6 Å². The van der Waals surface area contributed by atoms with Crippen LogP contribution in [0.1, 0.15) is 29.7 Å². The number of rotatable bonds is 8. The molecular formula is C30H25FN2O5S. The van der Waals surface area contributed by atoms with Crippen molar-refractivity contribution < 1.29 is 28.6 Å². The van der Waals surface area contributed by atoms with Crippen LogP contribution in [0.3, 0.4) is 0 Å². The van der Waals surface area contributed by atoms with Gasteiger partial charge in [-0.25, -0.2) is 9.37 Å². The molecule has 0 saturated carbocycles. The first-order valence-corrected chi connectivity index (χ1v) is 13.1. The monoisotopic (exact) mass is 544 g/mol. The molecular weight excluding hydrogens is 519 g/mol. The van der Waals surface area contributed by atoms with Gasteiger partial charge in [0, 0.05) is 5.56 Å². The highest BCUT2D eigenvalue weighted by Gasteiger charge is 2.48. The lowest BCUT2D eigenvalue weighted by Gasteiger charge is -2.24. The number of halogens is 1. The molecule has 9 heteroatoms. The van der Waals surface area contributed by atoms with Gasteiger partial charge in [-0.1, -0.05) is 36.1 Å². The molecule has 0 bridgehead atoms. The number of aryl methyl sites for hydroxylation is 1. The number of aliphatic hydroxyl groups excluding tert-OH is 1. The van der Waals surface area contributed by atoms with Crippen molar-refractivity contribution in [2.24, 2.45) is 0 Å². The molecule has 1 aromatic heterocycles. The normalized spacial score (nSPS) is 16.6. The molecule has 1 amide bonds. The summed E-state index contributed by atoms with van der Waals surface area (Å²) in [7, 11) is 0. The Balaban J connectivity index is 1.72. The number of ether oxygens (including phenoxy) is 2. The Morgan fingerprint density at radius 1 is 1.10 bits per heavy atom. The topological polar surface area (TPSA) is 89.0 Å². The predicted molar refractivity (Wildman–Crippen MR) is 149 cm³/mol. The first-order valence-electron chi connectivity index (χ1n) is 12.3. The number of aliphatic hydroxyl groups is 1. The highest BCUT2D eigenvalue weighted by atomic mass is 32.1. The molecule has 1 fully saturated rings. The van der Waals surface area contributed by atoms with Gasteiger partial charge >= 0.3 is 5.91 Å². The molecule has 0 aliphatic carbocycles. The number of aromatic nitrogens is 1. The van der Waals surface area contributed by atoms with Crippen LogP contribution >= 0.6 is 11.3 Å². The zero-order valence-electron chi connectivity index (χ0n) is 21.3. The summed E-state index contributed by atoms with van der Waals surface area (Å²) in [5.41, 5.74) is 2.29. The van der Waals surface area contributed by atoms with Crippen molar-refractivity contribution in [1.29, 1.82) is 0 Å². The van der Waals surface area contributed by atoms with Crippen LogP contribution in [0.5, 0.6) is 11.5 Å². The largest absolute Gasteiger partial charge is 0.507 e. The molecule has 2 heterocycles. The summed E-state index contributed by atoms with van der Waals surface area (Å²) < 4.78 is 26.0. The fourth-order valence-electron chi connectivity index (χ4n) is 4.46. The maximum absolute atomic E-state index is 13.6. The number of carbonyl (C=O) groups is 2. The van der Waals surface area contributed by atoms with Gasteiger partial charge in [0.05, 0.1) is 28.4 Å². The van der Waals surface area contributed by atoms with Crippen molar-refractivity contribution in [2.75, 3.05) is 18.1 Å². The fourth-order valence-corrected chi connectivity index (χ4v) is 5.55. The molecule has 1 saturated heterocycles. The first kappa shape index (κ1) is 26.1. The van der Waals surface area contributed by atoms with Gasteiger partial charge in [-0.3, -0.25) is 14.5 Å². The minimum absolute atomic E-state index is 0.135. The van der Waals surface area contributed by atoms with E-state index in [9.17, 15) is 19.1 Å². The Labute approximate surface area is 228 Å². The van der Waals surface area contributed by atoms with Crippen molar-refractivity contribution in [3.63, 3.8) is 0 Å². The van der Waals surface area contributed by atoms with E-state index < -0.39 is 29.3 Å². The number of fused-ring (bicyclic) bond motifs is 1. The summed E-state index contributed by atoms with van der Waals surface area (Å²) in [5.74, 6) is -1.74. The second kappa shape index (κ2) is 10.7. The molecule has 1 N–H and O–H groups in total. The van der Waals surface area contributed by atoms with Crippen LogP contribution in [0.25, 0.3) is 16.0 Å². The number of carbonyl (C=O) groups excluding carboxylic acids is 2. The number of Topliss-reactive ketones (excluding diaryl/α,β-unsaturated/α-hetero) is 1. The second-order valence-corrected chi connectivity index (χ2v) is 9.89. The molecule has 1 atom stereocenters. The molecule has 0 radical (unpaired) electrons. The van der Waals surface area contributed by atoms with Gasteiger partial charge in [-0.15, -0.1) is 0 Å². The summed E-state index contributed by atoms with van der Waals surface area (Å²) in [5, 5.41) is 11.6. The minimum Gasteiger partial charge on any atom is -0.507 e. The predicted octanol–water partition coefficient (Wildman–Crippen LogP) is 6.33. The Kier molecular flexibility index (Phi) is 7.17. The SMILES string of the molecule is C=CCOc1ccc(C2/C(=C(\O)c3ccc(F)cc3)C(=O)C(=O)N2c2nc3ccc(C)cc3s2)cc1OCC. The highest BCUT2D eigenvalue weighted by Crippen LogP contribution is 2.46. The molecule has 1 unspecified atom stereocenters. The Bertz CT molecular complexity index is 1630. The number of amides is 1. The molecule has 0 spiro atoms. The lowest BCUT2D eigenvalue weighted by molar-refractivity contribution is -0.132. The molecule has 4 aromatic rings. The number of ketones is 1. The lowest BCUT2D eigenvalue weighted by atomic mass is 9.95. The van der Waals surface area contributed by atoms with Crippen LogP contribution in [0.2, 0.25) is 0 Å². The van der Waals surface area contributed by atoms with Crippen molar-refractivity contribution in [1.82, 2.24) is 4.98 Å². The molecule has 5 rings (SSSR count). The Morgan fingerprint density at radius 3 is 2.59 bits per heavy atom. The van der Waals surface area contributed by atoms with Crippen LogP contribution in [-0.4, -0.2) is 35.0 Å². The number of anilines is 1. The van der Waals surface area contributed by atoms with Gasteiger partial charge in [0.1, 0.15) is 18.2 Å². The Morgan fingerprint density at radius 2 is 1.87 bits per heavy atom. The molecule has 3 aromatic carbocycles. The molecule has 1 aliphatic heterocycles. The zero-order valence-corrected chi connectivity index (χ0v) is 22.1. The summed E-state index contributed by atoms with van der Waals surface area (Å²) in [6.07, 6.45) is 1.61. The lowest BCUT2D eigenvalue weighted by Crippen LogP contribution is -2.29. The van der Waals surface area contributed by atoms with Crippen molar-refractivity contribution in [3.05, 3.63) is 101 Å². The molecule has 198 valence electrons. The maximum atomic E-state index is 13.6. The molecule has 39 heavy (non-hydrogen) atoms. The van der Waals surface area contributed by atoms with Gasteiger partial charge in [0.2, 0.25) is 0 Å². The van der Waals surface area contributed by atoms with Crippen LogP contribution < -0.4 is 14.4 Å². The van der Waals surface area contributed by atoms with E-state index in [4.69, 9.17) is 9.47 Å². The van der Waals surface area contributed by atoms with E-state index in [-0.39, 0.29) is 17.7 Å². The third kappa shape index (κ3) is 4.88. The quantitative estimate of drug-likeness (QED) is 0.121. The maximum Gasteiger partial charge on any atom is 0.301 e. The van der Waals surface area contributed by atoms with E-state index >= 15 is 0 Å². The third-order valence-corrected chi connectivity index (χ3v) is 7.26. The first-order chi connectivity index (χ1) is 18.8. The van der Waals surface area contributed by atoms with Gasteiger partial charge in [-0.05, 0) is 73.5 Å². The number of thiazole rings is 1. The van der Waals surface area contributed by atoms with Gasteiger partial charge in [0.25, 0.3) is 5.78 Å². The van der Waals surface area contributed by atoms with E-state index in [2.05, 4.69) is 11.6 Å². The van der Waals surface area contributed by atoms with Crippen molar-refractivity contribution in [2.45, 2.75) is 19.9 Å². The van der Waals surface area contributed by atoms with Gasteiger partial charge in [-0.2, -0.15) is 0 Å². The molecule has 1 aliphatic rings. The zero-order chi connectivity index (χ0) is 27.7. The summed E-state index contributed by atoms with van der Waals surface area (Å²) in [6, 6.07) is 14.8. The van der Waals surface area contributed by atoms with Crippen LogP contribution in [0.15, 0.2) is 78.9 Å². The highest BCUT2D eigenvalue weighted by molar-refractivity contribution is 7.22. The molecule has 7 nitrogen and oxygen atoms in total. The smallest absolute Gasteiger partial charge is 0.301 e. The summed E-state index contributed by atoms with van der Waals surface area (Å²) >= 11 is 1.27. The number of hydrogen-bond acceptors (Lipinski definition) is 7. The minimum atomic E-state index is -1.02. The fraction of sp³-hybridized carbons (Fsp3) is 0.167. The number of nitrogens with zero attached hydrogens (tertiary/aromatic N) is 2. The van der Waals surface area contributed by atoms with E-state index in [0.29, 0.717) is 34.3 Å². The van der Waals surface area contributed by atoms with E-state index in [0.717, 1.165) is 10.3 Å². The average Bonchev–Trinajstić information content (AvgIpc) is 3.45. The van der Waals surface area contributed by atoms with E-state index in [1.165, 1.54) is 40.5 Å². The summed E-state index contributed by atoms with van der Waals surface area (Å²) in [6.45, 7) is 8.06. The van der Waals surface area contributed by atoms with E-state index in [1.54, 1.807) is 24.3 Å². The summed E-state index contributed by atoms with van der Waals surface area (Å²) in [4.78, 5) is 32.9. The third-order valence-electron chi connectivity index (χ3n) is 6.24. The number of hydrogen-bond donors (Lipinski definition) is 1. The van der Waals surface area contributed by atoms with Crippen molar-refractivity contribution in [3.8, 4) is 11.5 Å². The van der Waals surface area contributed by atoms with Crippen LogP contribution in [-0.2, 0) is 9.59 Å². The average molecular weight is 545 g/mol. The van der Waals surface area contributed by atoms with Crippen LogP contribution in [0, 0.1) is 12.7 Å². The van der Waals surface area contributed by atoms with E-state index in [1.807, 2.05) is 32.0 Å². The van der Waals surface area contributed by atoms with Gasteiger partial charge in [0.15, 0.2) is 16.6 Å².